The van der Waals surface area contributed by atoms with Crippen LogP contribution in [0.25, 0.3) is 0 Å². The number of carbonyl (C=O) groups is 2. The van der Waals surface area contributed by atoms with E-state index in [9.17, 15) is 9.59 Å². The van der Waals surface area contributed by atoms with Crippen LogP contribution in [0.15, 0.2) is 60.7 Å². The number of thiocarbonyl (C=S) groups is 1. The van der Waals surface area contributed by atoms with Crippen LogP contribution in [-0.2, 0) is 0 Å². The third-order valence-corrected chi connectivity index (χ3v) is 6.76. The maximum absolute atomic E-state index is 12.8. The van der Waals surface area contributed by atoms with Crippen LogP contribution < -0.4 is 29.7 Å². The molecule has 4 rings (SSSR count). The van der Waals surface area contributed by atoms with Gasteiger partial charge in [-0.25, -0.2) is 0 Å². The third-order valence-electron chi connectivity index (χ3n) is 6.30. The van der Waals surface area contributed by atoms with E-state index >= 15 is 0 Å². The number of rotatable bonds is 7. The minimum Gasteiger partial charge on any atom is -0.493 e. The van der Waals surface area contributed by atoms with Crippen molar-refractivity contribution in [2.75, 3.05) is 57.7 Å². The minimum absolute atomic E-state index is 0.00736. The lowest BCUT2D eigenvalue weighted by Crippen LogP contribution is -2.48. The van der Waals surface area contributed by atoms with Crippen molar-refractivity contribution in [3.63, 3.8) is 0 Å². The number of nitrogens with one attached hydrogen (secondary N) is 2. The largest absolute Gasteiger partial charge is 0.493 e. The van der Waals surface area contributed by atoms with Gasteiger partial charge in [0.1, 0.15) is 0 Å². The molecule has 1 aliphatic heterocycles. The molecule has 1 saturated heterocycles. The van der Waals surface area contributed by atoms with E-state index in [0.717, 1.165) is 24.5 Å². The average molecular weight is 569 g/mol. The van der Waals surface area contributed by atoms with Crippen LogP contribution in [0.4, 0.5) is 11.4 Å². The lowest BCUT2D eigenvalue weighted by molar-refractivity contribution is 0.0746. The van der Waals surface area contributed by atoms with E-state index < -0.39 is 5.91 Å². The number of nitrogens with zero attached hydrogens (tertiary/aromatic N) is 2. The van der Waals surface area contributed by atoms with Crippen LogP contribution in [-0.4, -0.2) is 69.3 Å². The summed E-state index contributed by atoms with van der Waals surface area (Å²) in [5.74, 6) is 0.715. The maximum Gasteiger partial charge on any atom is 0.257 e. The second kappa shape index (κ2) is 12.7. The maximum atomic E-state index is 12.8. The summed E-state index contributed by atoms with van der Waals surface area (Å²) in [5, 5.41) is 6.45. The Morgan fingerprint density at radius 1 is 0.821 bits per heavy atom. The molecule has 0 saturated carbocycles. The van der Waals surface area contributed by atoms with E-state index in [0.29, 0.717) is 46.5 Å². The second-order valence-corrected chi connectivity index (χ2v) is 9.50. The fraction of sp³-hybridized carbons (Fsp3) is 0.250. The van der Waals surface area contributed by atoms with Gasteiger partial charge in [-0.15, -0.1) is 0 Å². The Balaban J connectivity index is 1.31. The number of hydrogen-bond donors (Lipinski definition) is 2. The number of halogens is 1. The smallest absolute Gasteiger partial charge is 0.257 e. The van der Waals surface area contributed by atoms with E-state index in [4.69, 9.17) is 38.0 Å². The Morgan fingerprint density at radius 3 is 1.95 bits per heavy atom. The normalized spacial score (nSPS) is 12.9. The molecule has 0 aromatic heterocycles. The van der Waals surface area contributed by atoms with Crippen LogP contribution in [0.5, 0.6) is 17.2 Å². The number of piperazine rings is 1. The van der Waals surface area contributed by atoms with Crippen molar-refractivity contribution in [3.8, 4) is 17.2 Å². The summed E-state index contributed by atoms with van der Waals surface area (Å²) in [6.45, 7) is 2.68. The lowest BCUT2D eigenvalue weighted by atomic mass is 10.1. The van der Waals surface area contributed by atoms with E-state index in [1.807, 2.05) is 29.2 Å². The first-order valence-corrected chi connectivity index (χ1v) is 12.9. The zero-order valence-corrected chi connectivity index (χ0v) is 23.4. The van der Waals surface area contributed by atoms with Gasteiger partial charge in [0, 0.05) is 53.7 Å². The van der Waals surface area contributed by atoms with Gasteiger partial charge in [0.2, 0.25) is 5.75 Å². The fourth-order valence-electron chi connectivity index (χ4n) is 4.25. The van der Waals surface area contributed by atoms with Crippen LogP contribution in [0.2, 0.25) is 5.02 Å². The zero-order chi connectivity index (χ0) is 27.9. The molecule has 1 aliphatic rings. The van der Waals surface area contributed by atoms with Crippen LogP contribution in [0.3, 0.4) is 0 Å². The molecule has 11 heteroatoms. The van der Waals surface area contributed by atoms with Crippen molar-refractivity contribution in [3.05, 3.63) is 76.8 Å². The number of ether oxygens (including phenoxy) is 3. The van der Waals surface area contributed by atoms with Gasteiger partial charge >= 0.3 is 0 Å². The average Bonchev–Trinajstić information content (AvgIpc) is 2.96. The molecule has 0 atom stereocenters. The van der Waals surface area contributed by atoms with Gasteiger partial charge in [-0.1, -0.05) is 11.6 Å². The van der Waals surface area contributed by atoms with Gasteiger partial charge in [-0.3, -0.25) is 14.9 Å². The monoisotopic (exact) mass is 568 g/mol. The van der Waals surface area contributed by atoms with Crippen molar-refractivity contribution < 1.29 is 23.8 Å². The minimum atomic E-state index is -0.422. The van der Waals surface area contributed by atoms with Crippen molar-refractivity contribution in [1.29, 1.82) is 0 Å². The Morgan fingerprint density at radius 2 is 1.41 bits per heavy atom. The molecule has 2 amide bonds. The van der Waals surface area contributed by atoms with Crippen molar-refractivity contribution in [2.24, 2.45) is 0 Å². The Bertz CT molecular complexity index is 1320. The molecule has 204 valence electrons. The molecule has 0 radical (unpaired) electrons. The molecule has 0 bridgehead atoms. The number of hydrogen-bond acceptors (Lipinski definition) is 7. The lowest BCUT2D eigenvalue weighted by Gasteiger charge is -2.36. The van der Waals surface area contributed by atoms with Crippen molar-refractivity contribution in [1.82, 2.24) is 10.2 Å². The summed E-state index contributed by atoms with van der Waals surface area (Å²) in [5.41, 5.74) is 2.70. The summed E-state index contributed by atoms with van der Waals surface area (Å²) in [4.78, 5) is 29.6. The molecule has 0 aliphatic carbocycles. The summed E-state index contributed by atoms with van der Waals surface area (Å²) < 4.78 is 15.9. The SMILES string of the molecule is COc1cc(C(=O)NC(=S)Nc2ccc(N3CCN(C(=O)c4ccc(Cl)cc4)CC3)cc2)cc(OC)c1OC. The topological polar surface area (TPSA) is 92.4 Å². The highest BCUT2D eigenvalue weighted by molar-refractivity contribution is 7.80. The van der Waals surface area contributed by atoms with Gasteiger partial charge in [0.25, 0.3) is 11.8 Å². The third kappa shape index (κ3) is 6.71. The van der Waals surface area contributed by atoms with Gasteiger partial charge in [0.15, 0.2) is 16.6 Å². The van der Waals surface area contributed by atoms with Crippen molar-refractivity contribution in [2.45, 2.75) is 0 Å². The molecule has 3 aromatic carbocycles. The Labute approximate surface area is 237 Å². The first-order chi connectivity index (χ1) is 18.8. The highest BCUT2D eigenvalue weighted by Crippen LogP contribution is 2.38. The molecule has 1 fully saturated rings. The standard InChI is InChI=1S/C28H29ClN4O5S/c1-36-23-16-19(17-24(37-2)25(23)38-3)26(34)31-28(39)30-21-8-10-22(11-9-21)32-12-14-33(15-13-32)27(35)18-4-6-20(29)7-5-18/h4-11,16-17H,12-15H2,1-3H3,(H2,30,31,34,39). The zero-order valence-electron chi connectivity index (χ0n) is 21.8. The molecule has 3 aromatic rings. The first kappa shape index (κ1) is 28.0. The van der Waals surface area contributed by atoms with Crippen LogP contribution >= 0.6 is 23.8 Å². The van der Waals surface area contributed by atoms with Gasteiger partial charge in [0.05, 0.1) is 21.3 Å². The molecule has 9 nitrogen and oxygen atoms in total. The number of benzene rings is 3. The Kier molecular flexibility index (Phi) is 9.11. The summed E-state index contributed by atoms with van der Waals surface area (Å²) in [6.07, 6.45) is 0. The van der Waals surface area contributed by atoms with Crippen molar-refractivity contribution >= 4 is 52.1 Å². The molecular formula is C28H29ClN4O5S. The highest BCUT2D eigenvalue weighted by Gasteiger charge is 2.22. The first-order valence-electron chi connectivity index (χ1n) is 12.1. The number of anilines is 2. The molecule has 0 unspecified atom stereocenters. The molecule has 1 heterocycles. The summed E-state index contributed by atoms with van der Waals surface area (Å²) >= 11 is 11.3. The van der Waals surface area contributed by atoms with E-state index in [-0.39, 0.29) is 11.0 Å². The van der Waals surface area contributed by atoms with E-state index in [1.165, 1.54) is 21.3 Å². The molecule has 39 heavy (non-hydrogen) atoms. The summed E-state index contributed by atoms with van der Waals surface area (Å²) in [7, 11) is 4.46. The van der Waals surface area contributed by atoms with E-state index in [2.05, 4.69) is 15.5 Å². The second-order valence-electron chi connectivity index (χ2n) is 8.66. The number of amides is 2. The molecule has 2 N–H and O–H groups in total. The van der Waals surface area contributed by atoms with Gasteiger partial charge in [-0.05, 0) is 72.9 Å². The number of methoxy groups -OCH3 is 3. The number of carbonyl (C=O) groups excluding carboxylic acids is 2. The predicted octanol–water partition coefficient (Wildman–Crippen LogP) is 4.46. The Hall–Kier alpha value is -4.02. The summed E-state index contributed by atoms with van der Waals surface area (Å²) in [6, 6.07) is 17.8. The van der Waals surface area contributed by atoms with Crippen LogP contribution in [0, 0.1) is 0 Å². The van der Waals surface area contributed by atoms with Gasteiger partial charge in [-0.2, -0.15) is 0 Å². The van der Waals surface area contributed by atoms with Gasteiger partial charge < -0.3 is 29.3 Å². The van der Waals surface area contributed by atoms with E-state index in [1.54, 1.807) is 36.4 Å². The quantitative estimate of drug-likeness (QED) is 0.404. The predicted molar refractivity (Wildman–Crippen MR) is 156 cm³/mol. The fourth-order valence-corrected chi connectivity index (χ4v) is 4.58. The van der Waals surface area contributed by atoms with Crippen LogP contribution in [0.1, 0.15) is 20.7 Å². The molecule has 0 spiro atoms. The molecular weight excluding hydrogens is 540 g/mol. The highest BCUT2D eigenvalue weighted by atomic mass is 35.5.